The molecule has 1 aliphatic carbocycles. The summed E-state index contributed by atoms with van der Waals surface area (Å²) >= 11 is 0. The van der Waals surface area contributed by atoms with E-state index >= 15 is 0 Å². The van der Waals surface area contributed by atoms with E-state index in [4.69, 9.17) is 10.5 Å². The van der Waals surface area contributed by atoms with E-state index in [9.17, 15) is 19.7 Å². The van der Waals surface area contributed by atoms with Crippen molar-refractivity contribution in [3.63, 3.8) is 0 Å². The van der Waals surface area contributed by atoms with Crippen LogP contribution in [-0.2, 0) is 4.79 Å². The Hall–Kier alpha value is -3.49. The Bertz CT molecular complexity index is 734. The highest BCUT2D eigenvalue weighted by Crippen LogP contribution is 2.23. The van der Waals surface area contributed by atoms with Gasteiger partial charge in [-0.2, -0.15) is 5.10 Å². The summed E-state index contributed by atoms with van der Waals surface area (Å²) in [5, 5.41) is 14.4. The zero-order chi connectivity index (χ0) is 16.8. The van der Waals surface area contributed by atoms with Crippen LogP contribution in [0.15, 0.2) is 52.9 Å². The number of nitrogens with one attached hydrogen (secondary N) is 1. The number of hydrogen-bond donors (Lipinski definition) is 2. The van der Waals surface area contributed by atoms with Crippen molar-refractivity contribution in [2.45, 2.75) is 6.42 Å². The third-order valence-electron chi connectivity index (χ3n) is 2.83. The molecule has 9 nitrogen and oxygen atoms in total. The lowest BCUT2D eigenvalue weighted by molar-refractivity contribution is -0.384. The molecular weight excluding hydrogens is 304 g/mol. The number of hydrogen-bond acceptors (Lipinski definition) is 6. The van der Waals surface area contributed by atoms with Crippen molar-refractivity contribution in [3.8, 4) is 5.75 Å². The Morgan fingerprint density at radius 3 is 2.65 bits per heavy atom. The summed E-state index contributed by atoms with van der Waals surface area (Å²) in [6.07, 6.45) is 4.13. The largest absolute Gasteiger partial charge is 0.455 e. The Morgan fingerprint density at radius 2 is 2.09 bits per heavy atom. The van der Waals surface area contributed by atoms with Gasteiger partial charge in [-0.05, 0) is 12.1 Å². The van der Waals surface area contributed by atoms with Gasteiger partial charge in [-0.1, -0.05) is 12.2 Å². The van der Waals surface area contributed by atoms with Gasteiger partial charge in [0, 0.05) is 18.6 Å². The molecule has 1 aliphatic rings. The third-order valence-corrected chi connectivity index (χ3v) is 2.83. The molecule has 1 aromatic carbocycles. The van der Waals surface area contributed by atoms with Gasteiger partial charge in [0.1, 0.15) is 11.5 Å². The quantitative estimate of drug-likeness (QED) is 0.480. The SMILES string of the molecule is NC(=O)NN=C1CC=CC(C=O)=C1Oc1ccc([N+](=O)[O-])cc1. The van der Waals surface area contributed by atoms with Crippen LogP contribution in [0.4, 0.5) is 10.5 Å². The van der Waals surface area contributed by atoms with Crippen LogP contribution >= 0.6 is 0 Å². The summed E-state index contributed by atoms with van der Waals surface area (Å²) in [5.74, 6) is 0.428. The number of carbonyl (C=O) groups is 2. The van der Waals surface area contributed by atoms with Crippen LogP contribution in [0.25, 0.3) is 0 Å². The first-order valence-corrected chi connectivity index (χ1v) is 6.42. The van der Waals surface area contributed by atoms with Crippen molar-refractivity contribution < 1.29 is 19.2 Å². The van der Waals surface area contributed by atoms with Crippen LogP contribution in [0, 0.1) is 10.1 Å². The second kappa shape index (κ2) is 6.98. The van der Waals surface area contributed by atoms with Crippen molar-refractivity contribution in [2.24, 2.45) is 10.8 Å². The van der Waals surface area contributed by atoms with Crippen molar-refractivity contribution >= 4 is 23.7 Å². The molecule has 2 rings (SSSR count). The molecule has 0 bridgehead atoms. The zero-order valence-electron chi connectivity index (χ0n) is 11.8. The number of nitro groups is 1. The predicted molar refractivity (Wildman–Crippen MR) is 80.7 cm³/mol. The fourth-order valence-electron chi connectivity index (χ4n) is 1.82. The molecule has 23 heavy (non-hydrogen) atoms. The van der Waals surface area contributed by atoms with Gasteiger partial charge in [-0.25, -0.2) is 10.2 Å². The number of non-ortho nitro benzene ring substituents is 1. The molecule has 3 N–H and O–H groups in total. The number of nitrogens with two attached hydrogens (primary N) is 1. The molecule has 0 saturated heterocycles. The molecule has 0 atom stereocenters. The molecule has 0 aliphatic heterocycles. The minimum Gasteiger partial charge on any atom is -0.455 e. The van der Waals surface area contributed by atoms with Crippen LogP contribution in [-0.4, -0.2) is 23.0 Å². The van der Waals surface area contributed by atoms with E-state index in [1.54, 1.807) is 12.2 Å². The number of urea groups is 1. The van der Waals surface area contributed by atoms with Gasteiger partial charge in [0.05, 0.1) is 10.5 Å². The lowest BCUT2D eigenvalue weighted by Gasteiger charge is -2.16. The third kappa shape index (κ3) is 4.00. The number of benzene rings is 1. The monoisotopic (exact) mass is 316 g/mol. The van der Waals surface area contributed by atoms with Gasteiger partial charge in [-0.15, -0.1) is 0 Å². The van der Waals surface area contributed by atoms with Gasteiger partial charge in [0.25, 0.3) is 5.69 Å². The standard InChI is InChI=1S/C14H12N4O5/c15-14(20)17-16-12-3-1-2-9(8-19)13(12)23-11-6-4-10(5-7-11)18(21)22/h1-2,4-8H,3H2,(H3,15,17,20). The first-order chi connectivity index (χ1) is 11.0. The summed E-state index contributed by atoms with van der Waals surface area (Å²) < 4.78 is 5.59. The number of allylic oxidation sites excluding steroid dienone is 4. The van der Waals surface area contributed by atoms with E-state index in [-0.39, 0.29) is 22.8 Å². The summed E-state index contributed by atoms with van der Waals surface area (Å²) in [5.41, 5.74) is 7.46. The topological polar surface area (TPSA) is 137 Å². The molecule has 0 unspecified atom stereocenters. The van der Waals surface area contributed by atoms with Crippen molar-refractivity contribution in [1.82, 2.24) is 5.43 Å². The lowest BCUT2D eigenvalue weighted by Crippen LogP contribution is -2.27. The highest BCUT2D eigenvalue weighted by molar-refractivity contribution is 6.06. The maximum absolute atomic E-state index is 11.1. The maximum Gasteiger partial charge on any atom is 0.332 e. The molecule has 0 radical (unpaired) electrons. The highest BCUT2D eigenvalue weighted by atomic mass is 16.6. The zero-order valence-corrected chi connectivity index (χ0v) is 11.8. The summed E-state index contributed by atoms with van der Waals surface area (Å²) in [6, 6.07) is 4.48. The van der Waals surface area contributed by atoms with Crippen LogP contribution in [0.5, 0.6) is 5.75 Å². The molecule has 9 heteroatoms. The Balaban J connectivity index is 2.31. The number of ether oxygens (including phenoxy) is 1. The van der Waals surface area contributed by atoms with Gasteiger partial charge < -0.3 is 10.5 Å². The normalized spacial score (nSPS) is 15.4. The number of carbonyl (C=O) groups excluding carboxylic acids is 2. The summed E-state index contributed by atoms with van der Waals surface area (Å²) in [4.78, 5) is 32.0. The molecular formula is C14H12N4O5. The predicted octanol–water partition coefficient (Wildman–Crippen LogP) is 1.41. The molecule has 0 spiro atoms. The molecule has 118 valence electrons. The van der Waals surface area contributed by atoms with Crippen molar-refractivity contribution in [2.75, 3.05) is 0 Å². The molecule has 0 heterocycles. The van der Waals surface area contributed by atoms with Gasteiger partial charge in [-0.3, -0.25) is 14.9 Å². The first kappa shape index (κ1) is 15.9. The Morgan fingerprint density at radius 1 is 1.39 bits per heavy atom. The lowest BCUT2D eigenvalue weighted by atomic mass is 10.0. The average molecular weight is 316 g/mol. The van der Waals surface area contributed by atoms with E-state index in [0.717, 1.165) is 0 Å². The van der Waals surface area contributed by atoms with E-state index < -0.39 is 11.0 Å². The minimum absolute atomic E-state index is 0.0882. The van der Waals surface area contributed by atoms with E-state index in [1.165, 1.54) is 24.3 Å². The number of hydrazone groups is 1. The minimum atomic E-state index is -0.852. The second-order valence-electron chi connectivity index (χ2n) is 4.40. The molecule has 0 fully saturated rings. The fraction of sp³-hybridized carbons (Fsp3) is 0.0714. The molecule has 1 aromatic rings. The molecule has 2 amide bonds. The van der Waals surface area contributed by atoms with Crippen LogP contribution < -0.4 is 15.9 Å². The highest BCUT2D eigenvalue weighted by Gasteiger charge is 2.18. The number of nitro benzene ring substituents is 1. The summed E-state index contributed by atoms with van der Waals surface area (Å²) in [7, 11) is 0. The number of aldehydes is 1. The van der Waals surface area contributed by atoms with Crippen LogP contribution in [0.2, 0.25) is 0 Å². The molecule has 0 aromatic heterocycles. The van der Waals surface area contributed by atoms with Gasteiger partial charge in [0.15, 0.2) is 12.0 Å². The van der Waals surface area contributed by atoms with E-state index in [0.29, 0.717) is 18.4 Å². The maximum atomic E-state index is 11.1. The van der Waals surface area contributed by atoms with E-state index in [1.807, 2.05) is 0 Å². The van der Waals surface area contributed by atoms with Crippen molar-refractivity contribution in [1.29, 1.82) is 0 Å². The number of primary amides is 1. The van der Waals surface area contributed by atoms with Gasteiger partial charge >= 0.3 is 6.03 Å². The Kier molecular flexibility index (Phi) is 4.82. The average Bonchev–Trinajstić information content (AvgIpc) is 2.54. The fourth-order valence-corrected chi connectivity index (χ4v) is 1.82. The summed E-state index contributed by atoms with van der Waals surface area (Å²) in [6.45, 7) is 0. The van der Waals surface area contributed by atoms with Gasteiger partial charge in [0.2, 0.25) is 0 Å². The van der Waals surface area contributed by atoms with Crippen molar-refractivity contribution in [3.05, 3.63) is 57.9 Å². The molecule has 0 saturated carbocycles. The Labute approximate surface area is 130 Å². The van der Waals surface area contributed by atoms with E-state index in [2.05, 4.69) is 10.5 Å². The number of nitrogens with zero attached hydrogens (tertiary/aromatic N) is 2. The van der Waals surface area contributed by atoms with Crippen LogP contribution in [0.1, 0.15) is 6.42 Å². The first-order valence-electron chi connectivity index (χ1n) is 6.42. The number of amides is 2. The smallest absolute Gasteiger partial charge is 0.332 e. The number of rotatable bonds is 5. The van der Waals surface area contributed by atoms with Crippen LogP contribution in [0.3, 0.4) is 0 Å². The second-order valence-corrected chi connectivity index (χ2v) is 4.40.